The first-order valence-electron chi connectivity index (χ1n) is 5.66. The van der Waals surface area contributed by atoms with Crippen LogP contribution in [0.1, 0.15) is 10.4 Å². The van der Waals surface area contributed by atoms with Crippen molar-refractivity contribution < 1.29 is 14.3 Å². The number of aromatic nitrogens is 2. The Bertz CT molecular complexity index is 555. The molecule has 0 spiro atoms. The van der Waals surface area contributed by atoms with Gasteiger partial charge in [0.25, 0.3) is 0 Å². The highest BCUT2D eigenvalue weighted by molar-refractivity contribution is 6.32. The molecule has 2 aromatic rings. The number of benzene rings is 1. The van der Waals surface area contributed by atoms with Gasteiger partial charge in [-0.15, -0.1) is 0 Å². The summed E-state index contributed by atoms with van der Waals surface area (Å²) in [5, 5.41) is 0.354. The van der Waals surface area contributed by atoms with Crippen molar-refractivity contribution in [2.75, 3.05) is 13.7 Å². The lowest BCUT2D eigenvalue weighted by Gasteiger charge is -2.13. The van der Waals surface area contributed by atoms with Gasteiger partial charge in [-0.2, -0.15) is 0 Å². The molecule has 0 bridgehead atoms. The minimum atomic E-state index is 0.354. The summed E-state index contributed by atoms with van der Waals surface area (Å²) < 4.78 is 12.7. The zero-order chi connectivity index (χ0) is 13.7. The Kier molecular flexibility index (Phi) is 4.41. The zero-order valence-corrected chi connectivity index (χ0v) is 11.1. The maximum Gasteiger partial charge on any atom is 0.179 e. The molecule has 2 rings (SSSR count). The molecular formula is C13H13ClN2O3. The Balaban J connectivity index is 2.08. The van der Waals surface area contributed by atoms with E-state index in [9.17, 15) is 4.79 Å². The van der Waals surface area contributed by atoms with Crippen molar-refractivity contribution in [3.63, 3.8) is 0 Å². The second-order valence-corrected chi connectivity index (χ2v) is 4.21. The standard InChI is InChI=1S/C13H13ClN2O3/c1-18-12-7-10(8-17)6-11(14)13(12)19-5-4-16-3-2-15-9-16/h2-3,6-9H,4-5H2,1H3. The van der Waals surface area contributed by atoms with Gasteiger partial charge in [-0.1, -0.05) is 11.6 Å². The van der Waals surface area contributed by atoms with E-state index in [0.29, 0.717) is 41.5 Å². The van der Waals surface area contributed by atoms with Crippen LogP contribution < -0.4 is 9.47 Å². The van der Waals surface area contributed by atoms with E-state index >= 15 is 0 Å². The van der Waals surface area contributed by atoms with Gasteiger partial charge in [-0.3, -0.25) is 4.79 Å². The molecular weight excluding hydrogens is 268 g/mol. The van der Waals surface area contributed by atoms with E-state index in [4.69, 9.17) is 21.1 Å². The van der Waals surface area contributed by atoms with Crippen LogP contribution in [-0.4, -0.2) is 29.6 Å². The first-order valence-corrected chi connectivity index (χ1v) is 6.03. The Morgan fingerprint density at radius 3 is 2.95 bits per heavy atom. The van der Waals surface area contributed by atoms with Gasteiger partial charge in [0.15, 0.2) is 11.5 Å². The highest BCUT2D eigenvalue weighted by Crippen LogP contribution is 2.35. The molecule has 19 heavy (non-hydrogen) atoms. The molecule has 0 unspecified atom stereocenters. The maximum absolute atomic E-state index is 10.7. The van der Waals surface area contributed by atoms with Crippen LogP contribution in [0, 0.1) is 0 Å². The third-order valence-electron chi connectivity index (χ3n) is 2.54. The lowest BCUT2D eigenvalue weighted by molar-refractivity contribution is 0.112. The SMILES string of the molecule is COc1cc(C=O)cc(Cl)c1OCCn1ccnc1. The number of rotatable bonds is 6. The molecule has 1 heterocycles. The van der Waals surface area contributed by atoms with Crippen LogP contribution in [0.3, 0.4) is 0 Å². The third-order valence-corrected chi connectivity index (χ3v) is 2.82. The van der Waals surface area contributed by atoms with Crippen LogP contribution in [0.2, 0.25) is 5.02 Å². The predicted octanol–water partition coefficient (Wildman–Crippen LogP) is 2.44. The van der Waals surface area contributed by atoms with Gasteiger partial charge in [-0.05, 0) is 12.1 Å². The quantitative estimate of drug-likeness (QED) is 0.763. The average Bonchev–Trinajstić information content (AvgIpc) is 2.93. The van der Waals surface area contributed by atoms with Gasteiger partial charge in [0.05, 0.1) is 25.0 Å². The van der Waals surface area contributed by atoms with E-state index in [1.165, 1.54) is 7.11 Å². The van der Waals surface area contributed by atoms with Crippen molar-refractivity contribution in [2.24, 2.45) is 0 Å². The number of hydrogen-bond acceptors (Lipinski definition) is 4. The highest BCUT2D eigenvalue weighted by Gasteiger charge is 2.11. The summed E-state index contributed by atoms with van der Waals surface area (Å²) in [6, 6.07) is 3.13. The zero-order valence-electron chi connectivity index (χ0n) is 10.4. The first kappa shape index (κ1) is 13.4. The Morgan fingerprint density at radius 2 is 2.32 bits per heavy atom. The normalized spacial score (nSPS) is 10.2. The monoisotopic (exact) mass is 280 g/mol. The summed E-state index contributed by atoms with van der Waals surface area (Å²) in [5.41, 5.74) is 0.448. The van der Waals surface area contributed by atoms with Gasteiger partial charge in [0.1, 0.15) is 12.9 Å². The van der Waals surface area contributed by atoms with E-state index in [2.05, 4.69) is 4.98 Å². The number of methoxy groups -OCH3 is 1. The summed E-state index contributed by atoms with van der Waals surface area (Å²) >= 11 is 6.07. The number of halogens is 1. The van der Waals surface area contributed by atoms with Crippen LogP contribution in [0.5, 0.6) is 11.5 Å². The number of nitrogens with zero attached hydrogens (tertiary/aromatic N) is 2. The average molecular weight is 281 g/mol. The van der Waals surface area contributed by atoms with Crippen molar-refractivity contribution in [1.29, 1.82) is 0 Å². The lowest BCUT2D eigenvalue weighted by Crippen LogP contribution is -2.07. The summed E-state index contributed by atoms with van der Waals surface area (Å²) in [5.74, 6) is 0.884. The molecule has 0 radical (unpaired) electrons. The lowest BCUT2D eigenvalue weighted by atomic mass is 10.2. The minimum absolute atomic E-state index is 0.354. The van der Waals surface area contributed by atoms with E-state index in [-0.39, 0.29) is 0 Å². The maximum atomic E-state index is 10.7. The van der Waals surface area contributed by atoms with Crippen LogP contribution in [0.15, 0.2) is 30.9 Å². The number of aldehydes is 1. The van der Waals surface area contributed by atoms with Crippen LogP contribution in [0.25, 0.3) is 0 Å². The molecule has 6 heteroatoms. The van der Waals surface area contributed by atoms with Crippen LogP contribution >= 0.6 is 11.6 Å². The van der Waals surface area contributed by atoms with Crippen LogP contribution in [0.4, 0.5) is 0 Å². The molecule has 0 fully saturated rings. The van der Waals surface area contributed by atoms with E-state index in [1.807, 2.05) is 10.8 Å². The first-order chi connectivity index (χ1) is 9.24. The minimum Gasteiger partial charge on any atom is -0.493 e. The Hall–Kier alpha value is -2.01. The van der Waals surface area contributed by atoms with Gasteiger partial charge in [0, 0.05) is 18.0 Å². The third kappa shape index (κ3) is 3.26. The van der Waals surface area contributed by atoms with Crippen molar-refractivity contribution in [2.45, 2.75) is 6.54 Å². The molecule has 1 aromatic carbocycles. The fourth-order valence-corrected chi connectivity index (χ4v) is 1.89. The second kappa shape index (κ2) is 6.24. The predicted molar refractivity (Wildman–Crippen MR) is 71.1 cm³/mol. The number of carbonyl (C=O) groups excluding carboxylic acids is 1. The van der Waals surface area contributed by atoms with Gasteiger partial charge < -0.3 is 14.0 Å². The molecule has 0 aliphatic rings. The Morgan fingerprint density at radius 1 is 1.47 bits per heavy atom. The number of carbonyl (C=O) groups is 1. The molecule has 1 aromatic heterocycles. The van der Waals surface area contributed by atoms with Crippen molar-refractivity contribution >= 4 is 17.9 Å². The van der Waals surface area contributed by atoms with Crippen molar-refractivity contribution in [1.82, 2.24) is 9.55 Å². The molecule has 0 saturated carbocycles. The van der Waals surface area contributed by atoms with Crippen molar-refractivity contribution in [3.8, 4) is 11.5 Å². The fraction of sp³-hybridized carbons (Fsp3) is 0.231. The highest BCUT2D eigenvalue weighted by atomic mass is 35.5. The molecule has 0 atom stereocenters. The smallest absolute Gasteiger partial charge is 0.179 e. The molecule has 0 aliphatic heterocycles. The Labute approximate surface area is 115 Å². The van der Waals surface area contributed by atoms with Gasteiger partial charge >= 0.3 is 0 Å². The summed E-state index contributed by atoms with van der Waals surface area (Å²) in [7, 11) is 1.50. The number of hydrogen-bond donors (Lipinski definition) is 0. The number of ether oxygens (including phenoxy) is 2. The summed E-state index contributed by atoms with van der Waals surface area (Å²) in [6.07, 6.45) is 5.96. The van der Waals surface area contributed by atoms with Crippen molar-refractivity contribution in [3.05, 3.63) is 41.4 Å². The fourth-order valence-electron chi connectivity index (χ4n) is 1.62. The van der Waals surface area contributed by atoms with E-state index in [0.717, 1.165) is 0 Å². The van der Waals surface area contributed by atoms with Crippen LogP contribution in [-0.2, 0) is 6.54 Å². The molecule has 0 amide bonds. The molecule has 100 valence electrons. The van der Waals surface area contributed by atoms with Gasteiger partial charge in [-0.25, -0.2) is 4.98 Å². The topological polar surface area (TPSA) is 53.4 Å². The molecule has 0 aliphatic carbocycles. The molecule has 5 nitrogen and oxygen atoms in total. The summed E-state index contributed by atoms with van der Waals surface area (Å²) in [6.45, 7) is 1.07. The summed E-state index contributed by atoms with van der Waals surface area (Å²) in [4.78, 5) is 14.7. The largest absolute Gasteiger partial charge is 0.493 e. The molecule has 0 N–H and O–H groups in total. The number of imidazole rings is 1. The van der Waals surface area contributed by atoms with E-state index < -0.39 is 0 Å². The van der Waals surface area contributed by atoms with E-state index in [1.54, 1.807) is 24.7 Å². The molecule has 0 saturated heterocycles. The van der Waals surface area contributed by atoms with Gasteiger partial charge in [0.2, 0.25) is 0 Å². The second-order valence-electron chi connectivity index (χ2n) is 3.80.